The molecule has 21 heavy (non-hydrogen) atoms. The van der Waals surface area contributed by atoms with Crippen LogP contribution < -0.4 is 11.1 Å². The highest BCUT2D eigenvalue weighted by Crippen LogP contribution is 2.14. The lowest BCUT2D eigenvalue weighted by molar-refractivity contribution is -0.142. The van der Waals surface area contributed by atoms with Crippen LogP contribution in [-0.2, 0) is 0 Å². The van der Waals surface area contributed by atoms with Crippen LogP contribution in [0, 0.1) is 0 Å². The first-order chi connectivity index (χ1) is 9.85. The molecule has 0 rings (SSSR count). The molecule has 0 atom stereocenters. The number of unbranched alkanes of at least 4 members (excludes halogenated alkanes) is 5. The van der Waals surface area contributed by atoms with Gasteiger partial charge < -0.3 is 11.1 Å². The first kappa shape index (κ1) is 20.0. The molecule has 7 heteroatoms. The molecule has 0 aromatic carbocycles. The molecular weight excluding hydrogens is 281 g/mol. The molecule has 0 radical (unpaired) electrons. The predicted molar refractivity (Wildman–Crippen MR) is 81.4 cm³/mol. The van der Waals surface area contributed by atoms with Crippen LogP contribution in [-0.4, -0.2) is 50.3 Å². The summed E-state index contributed by atoms with van der Waals surface area (Å²) in [7, 11) is 1.43. The van der Waals surface area contributed by atoms with Gasteiger partial charge in [-0.3, -0.25) is 9.89 Å². The topological polar surface area (TPSA) is 53.6 Å². The van der Waals surface area contributed by atoms with Gasteiger partial charge in [0.05, 0.1) is 6.54 Å². The van der Waals surface area contributed by atoms with Crippen molar-refractivity contribution < 1.29 is 13.2 Å². The van der Waals surface area contributed by atoms with Crippen LogP contribution in [0.15, 0.2) is 4.99 Å². The third-order valence-electron chi connectivity index (χ3n) is 3.04. The summed E-state index contributed by atoms with van der Waals surface area (Å²) in [4.78, 5) is 5.36. The fourth-order valence-corrected chi connectivity index (χ4v) is 1.91. The van der Waals surface area contributed by atoms with Crippen LogP contribution in [0.25, 0.3) is 0 Å². The summed E-state index contributed by atoms with van der Waals surface area (Å²) in [5.41, 5.74) is 5.65. The zero-order valence-electron chi connectivity index (χ0n) is 13.2. The lowest BCUT2D eigenvalue weighted by Crippen LogP contribution is -2.40. The van der Waals surface area contributed by atoms with Gasteiger partial charge in [-0.2, -0.15) is 13.2 Å². The molecule has 0 spiro atoms. The van der Waals surface area contributed by atoms with Crippen molar-refractivity contribution in [2.45, 2.75) is 51.6 Å². The minimum Gasteiger partial charge on any atom is -0.370 e. The largest absolute Gasteiger partial charge is 0.401 e. The highest BCUT2D eigenvalue weighted by molar-refractivity contribution is 5.77. The average molecular weight is 310 g/mol. The summed E-state index contributed by atoms with van der Waals surface area (Å²) in [5.74, 6) is 0.309. The summed E-state index contributed by atoms with van der Waals surface area (Å²) in [6.07, 6.45) is 2.98. The first-order valence-corrected chi connectivity index (χ1v) is 7.64. The van der Waals surface area contributed by atoms with Crippen molar-refractivity contribution in [3.63, 3.8) is 0 Å². The van der Waals surface area contributed by atoms with Gasteiger partial charge in [0.2, 0.25) is 0 Å². The molecule has 0 bridgehead atoms. The maximum Gasteiger partial charge on any atom is 0.401 e. The van der Waals surface area contributed by atoms with Crippen molar-refractivity contribution >= 4 is 5.96 Å². The van der Waals surface area contributed by atoms with E-state index in [0.29, 0.717) is 19.0 Å². The maximum atomic E-state index is 12.1. The minimum atomic E-state index is -4.16. The van der Waals surface area contributed by atoms with E-state index in [0.717, 1.165) is 12.8 Å². The Morgan fingerprint density at radius 1 is 1.14 bits per heavy atom. The fraction of sp³-hybridized carbons (Fsp3) is 0.929. The molecule has 0 fully saturated rings. The Balaban J connectivity index is 3.56. The van der Waals surface area contributed by atoms with Gasteiger partial charge in [0.25, 0.3) is 0 Å². The Labute approximate surface area is 126 Å². The van der Waals surface area contributed by atoms with Gasteiger partial charge in [0.15, 0.2) is 5.96 Å². The number of alkyl halides is 3. The molecular formula is C14H29F3N4. The standard InChI is InChI=1S/C14H29F3N4/c1-3-4-5-6-7-8-9-19-13(18)20-10-11-21(2)12-14(15,16)17/h3-12H2,1-2H3,(H3,18,19,20). The zero-order chi connectivity index (χ0) is 16.1. The molecule has 0 aliphatic heterocycles. The van der Waals surface area contributed by atoms with E-state index in [1.54, 1.807) is 0 Å². The molecule has 0 aliphatic rings. The summed E-state index contributed by atoms with van der Waals surface area (Å²) in [5, 5.41) is 2.83. The number of rotatable bonds is 11. The van der Waals surface area contributed by atoms with Crippen molar-refractivity contribution in [1.82, 2.24) is 10.2 Å². The van der Waals surface area contributed by atoms with E-state index >= 15 is 0 Å². The number of nitrogens with two attached hydrogens (primary N) is 1. The molecule has 0 aliphatic carbocycles. The van der Waals surface area contributed by atoms with Crippen LogP contribution in [0.4, 0.5) is 13.2 Å². The number of nitrogens with zero attached hydrogens (tertiary/aromatic N) is 2. The predicted octanol–water partition coefficient (Wildman–Crippen LogP) is 2.75. The van der Waals surface area contributed by atoms with Crippen LogP contribution in [0.3, 0.4) is 0 Å². The van der Waals surface area contributed by atoms with Crippen molar-refractivity contribution in [3.8, 4) is 0 Å². The molecule has 126 valence electrons. The van der Waals surface area contributed by atoms with Crippen LogP contribution in [0.5, 0.6) is 0 Å². The van der Waals surface area contributed by atoms with Crippen molar-refractivity contribution in [3.05, 3.63) is 0 Å². The number of nitrogens with one attached hydrogen (secondary N) is 1. The highest BCUT2D eigenvalue weighted by atomic mass is 19.4. The van der Waals surface area contributed by atoms with E-state index in [1.165, 1.54) is 37.6 Å². The molecule has 3 N–H and O–H groups in total. The summed E-state index contributed by atoms with van der Waals surface area (Å²) < 4.78 is 36.3. The maximum absolute atomic E-state index is 12.1. The second-order valence-corrected chi connectivity index (χ2v) is 5.31. The van der Waals surface area contributed by atoms with Gasteiger partial charge >= 0.3 is 6.18 Å². The van der Waals surface area contributed by atoms with Gasteiger partial charge in [0, 0.05) is 19.6 Å². The lowest BCUT2D eigenvalue weighted by atomic mass is 10.1. The molecule has 0 saturated carbocycles. The Morgan fingerprint density at radius 2 is 1.76 bits per heavy atom. The molecule has 0 aromatic heterocycles. The third kappa shape index (κ3) is 15.2. The lowest BCUT2D eigenvalue weighted by Gasteiger charge is -2.18. The normalized spacial score (nSPS) is 13.0. The van der Waals surface area contributed by atoms with Crippen molar-refractivity contribution in [1.29, 1.82) is 0 Å². The number of hydrogen-bond donors (Lipinski definition) is 2. The average Bonchev–Trinajstić information content (AvgIpc) is 2.35. The van der Waals surface area contributed by atoms with E-state index in [1.807, 2.05) is 0 Å². The quantitative estimate of drug-likeness (QED) is 0.350. The fourth-order valence-electron chi connectivity index (χ4n) is 1.91. The number of halogens is 3. The zero-order valence-corrected chi connectivity index (χ0v) is 13.2. The van der Waals surface area contributed by atoms with Crippen molar-refractivity contribution in [2.24, 2.45) is 10.7 Å². The second kappa shape index (κ2) is 11.7. The van der Waals surface area contributed by atoms with E-state index in [-0.39, 0.29) is 6.54 Å². The molecule has 0 amide bonds. The molecule has 0 heterocycles. The third-order valence-corrected chi connectivity index (χ3v) is 3.04. The van der Waals surface area contributed by atoms with Gasteiger partial charge in [0.1, 0.15) is 0 Å². The molecule has 0 saturated heterocycles. The Kier molecular flexibility index (Phi) is 11.1. The SMILES string of the molecule is CCCCCCCCN=C(N)NCCN(C)CC(F)(F)F. The van der Waals surface area contributed by atoms with Crippen LogP contribution in [0.2, 0.25) is 0 Å². The molecule has 4 nitrogen and oxygen atoms in total. The van der Waals surface area contributed by atoms with Gasteiger partial charge in [-0.05, 0) is 13.5 Å². The smallest absolute Gasteiger partial charge is 0.370 e. The van der Waals surface area contributed by atoms with E-state index in [9.17, 15) is 13.2 Å². The summed E-state index contributed by atoms with van der Waals surface area (Å²) in [6.45, 7) is 2.57. The Bertz CT molecular complexity index is 280. The van der Waals surface area contributed by atoms with E-state index < -0.39 is 12.7 Å². The van der Waals surface area contributed by atoms with Gasteiger partial charge in [-0.1, -0.05) is 39.0 Å². The Hall–Kier alpha value is -0.980. The Morgan fingerprint density at radius 3 is 2.38 bits per heavy atom. The van der Waals surface area contributed by atoms with Crippen LogP contribution in [0.1, 0.15) is 45.4 Å². The number of likely N-dealkylation sites (N-methyl/N-ethyl adjacent to an activating group) is 1. The van der Waals surface area contributed by atoms with Crippen LogP contribution >= 0.6 is 0 Å². The first-order valence-electron chi connectivity index (χ1n) is 7.64. The summed E-state index contributed by atoms with van der Waals surface area (Å²) >= 11 is 0. The van der Waals surface area contributed by atoms with Gasteiger partial charge in [-0.15, -0.1) is 0 Å². The monoisotopic (exact) mass is 310 g/mol. The van der Waals surface area contributed by atoms with E-state index in [4.69, 9.17) is 5.73 Å². The van der Waals surface area contributed by atoms with Crippen molar-refractivity contribution in [2.75, 3.05) is 33.2 Å². The molecule has 0 unspecified atom stereocenters. The number of aliphatic imine (C=N–C) groups is 1. The highest BCUT2D eigenvalue weighted by Gasteiger charge is 2.28. The summed E-state index contributed by atoms with van der Waals surface area (Å²) in [6, 6.07) is 0. The van der Waals surface area contributed by atoms with Gasteiger partial charge in [-0.25, -0.2) is 0 Å². The number of guanidine groups is 1. The number of hydrogen-bond acceptors (Lipinski definition) is 2. The van der Waals surface area contributed by atoms with E-state index in [2.05, 4.69) is 17.2 Å². The molecule has 0 aromatic rings. The minimum absolute atomic E-state index is 0.271. The second-order valence-electron chi connectivity index (χ2n) is 5.31.